The van der Waals surface area contributed by atoms with Crippen LogP contribution in [-0.4, -0.2) is 6.10 Å². The second-order valence-electron chi connectivity index (χ2n) is 5.02. The quantitative estimate of drug-likeness (QED) is 0.720. The molecule has 1 aromatic carbocycles. The van der Waals surface area contributed by atoms with Crippen molar-refractivity contribution in [2.45, 2.75) is 39.2 Å². The van der Waals surface area contributed by atoms with Gasteiger partial charge in [0.05, 0.1) is 6.10 Å². The summed E-state index contributed by atoms with van der Waals surface area (Å²) in [5, 5.41) is 0. The van der Waals surface area contributed by atoms with E-state index < -0.39 is 0 Å². The molecule has 1 aromatic rings. The van der Waals surface area contributed by atoms with Crippen LogP contribution in [0.25, 0.3) is 0 Å². The third-order valence-electron chi connectivity index (χ3n) is 2.95. The monoisotopic (exact) mass is 207 g/mol. The molecule has 1 unspecified atom stereocenters. The van der Waals surface area contributed by atoms with E-state index in [0.717, 1.165) is 12.8 Å². The minimum absolute atomic E-state index is 0.220. The molecule has 15 heavy (non-hydrogen) atoms. The fourth-order valence-electron chi connectivity index (χ4n) is 2.14. The van der Waals surface area contributed by atoms with Crippen LogP contribution in [0.1, 0.15) is 33.1 Å². The Kier molecular flexibility index (Phi) is 2.68. The van der Waals surface area contributed by atoms with E-state index >= 15 is 0 Å². The Hall–Kier alpha value is -1.05. The molecule has 0 aliphatic heterocycles. The van der Waals surface area contributed by atoms with E-state index in [-0.39, 0.29) is 11.9 Å². The highest BCUT2D eigenvalue weighted by Crippen LogP contribution is 2.38. The van der Waals surface area contributed by atoms with Crippen LogP contribution >= 0.6 is 0 Å². The van der Waals surface area contributed by atoms with Gasteiger partial charge in [-0.25, -0.2) is 4.39 Å². The van der Waals surface area contributed by atoms with Crippen LogP contribution in [-0.2, 0) is 0 Å². The standard InChI is InChI=1S/C13H16FO/c1-13(2)7-6-12(9-13)15-11-5-3-4-10(14)8-11/h3-4,8,12H,6-7,9H2,1-2H3. The van der Waals surface area contributed by atoms with Crippen LogP contribution in [0.15, 0.2) is 18.2 Å². The van der Waals surface area contributed by atoms with Gasteiger partial charge in [0.1, 0.15) is 11.6 Å². The van der Waals surface area contributed by atoms with Crippen LogP contribution in [0.2, 0.25) is 0 Å². The lowest BCUT2D eigenvalue weighted by molar-refractivity contribution is 0.192. The van der Waals surface area contributed by atoms with Crippen LogP contribution in [0.4, 0.5) is 4.39 Å². The van der Waals surface area contributed by atoms with E-state index in [2.05, 4.69) is 19.9 Å². The molecule has 0 amide bonds. The van der Waals surface area contributed by atoms with Crippen LogP contribution in [0.3, 0.4) is 0 Å². The van der Waals surface area contributed by atoms with Gasteiger partial charge in [-0.05, 0) is 36.8 Å². The smallest absolute Gasteiger partial charge is 0.130 e. The van der Waals surface area contributed by atoms with Gasteiger partial charge in [-0.15, -0.1) is 0 Å². The Morgan fingerprint density at radius 3 is 2.93 bits per heavy atom. The van der Waals surface area contributed by atoms with Crippen molar-refractivity contribution in [1.82, 2.24) is 0 Å². The summed E-state index contributed by atoms with van der Waals surface area (Å²) in [7, 11) is 0. The minimum Gasteiger partial charge on any atom is -0.490 e. The lowest BCUT2D eigenvalue weighted by atomic mass is 9.92. The largest absolute Gasteiger partial charge is 0.490 e. The van der Waals surface area contributed by atoms with Gasteiger partial charge in [-0.3, -0.25) is 0 Å². The Labute approximate surface area is 90.3 Å². The summed E-state index contributed by atoms with van der Waals surface area (Å²) in [5.74, 6) is 0.263. The molecule has 2 rings (SSSR count). The first-order chi connectivity index (χ1) is 7.05. The summed E-state index contributed by atoms with van der Waals surface area (Å²) in [6, 6.07) is 7.24. The zero-order valence-electron chi connectivity index (χ0n) is 9.22. The Bertz CT molecular complexity index is 346. The van der Waals surface area contributed by atoms with Gasteiger partial charge in [-0.2, -0.15) is 0 Å². The lowest BCUT2D eigenvalue weighted by Gasteiger charge is -2.17. The summed E-state index contributed by atoms with van der Waals surface area (Å²) >= 11 is 0. The third kappa shape index (κ3) is 2.71. The number of ether oxygens (including phenoxy) is 1. The zero-order chi connectivity index (χ0) is 10.9. The van der Waals surface area contributed by atoms with Crippen molar-refractivity contribution in [3.05, 3.63) is 30.1 Å². The SMILES string of the molecule is CC1(C)CCC(Oc2[c]ccc(F)c2)C1. The summed E-state index contributed by atoms with van der Waals surface area (Å²) in [6.45, 7) is 4.48. The van der Waals surface area contributed by atoms with Crippen molar-refractivity contribution < 1.29 is 9.13 Å². The van der Waals surface area contributed by atoms with Gasteiger partial charge >= 0.3 is 0 Å². The molecule has 1 aliphatic rings. The first-order valence-corrected chi connectivity index (χ1v) is 5.39. The molecule has 1 radical (unpaired) electrons. The normalized spacial score (nSPS) is 24.1. The molecule has 81 valence electrons. The minimum atomic E-state index is -0.263. The van der Waals surface area contributed by atoms with Crippen molar-refractivity contribution >= 4 is 0 Å². The van der Waals surface area contributed by atoms with Gasteiger partial charge in [0, 0.05) is 12.1 Å². The van der Waals surface area contributed by atoms with Crippen LogP contribution < -0.4 is 4.74 Å². The Morgan fingerprint density at radius 2 is 2.33 bits per heavy atom. The van der Waals surface area contributed by atoms with Crippen LogP contribution in [0.5, 0.6) is 5.75 Å². The molecular weight excluding hydrogens is 191 g/mol. The maximum Gasteiger partial charge on any atom is 0.130 e. The van der Waals surface area contributed by atoms with Crippen molar-refractivity contribution in [3.8, 4) is 5.75 Å². The molecule has 0 spiro atoms. The first kappa shape index (κ1) is 10.5. The maximum absolute atomic E-state index is 12.9. The van der Waals surface area contributed by atoms with Crippen molar-refractivity contribution in [1.29, 1.82) is 0 Å². The van der Waals surface area contributed by atoms with Gasteiger partial charge in [0.2, 0.25) is 0 Å². The Balaban J connectivity index is 1.99. The summed E-state index contributed by atoms with van der Waals surface area (Å²) < 4.78 is 18.6. The van der Waals surface area contributed by atoms with Crippen molar-refractivity contribution in [2.24, 2.45) is 5.41 Å². The predicted molar refractivity (Wildman–Crippen MR) is 57.3 cm³/mol. The van der Waals surface area contributed by atoms with E-state index in [0.29, 0.717) is 11.2 Å². The van der Waals surface area contributed by atoms with Crippen molar-refractivity contribution in [3.63, 3.8) is 0 Å². The number of hydrogen-bond donors (Lipinski definition) is 0. The van der Waals surface area contributed by atoms with E-state index in [9.17, 15) is 4.39 Å². The summed E-state index contributed by atoms with van der Waals surface area (Å²) in [5.41, 5.74) is 0.359. The second kappa shape index (κ2) is 3.84. The molecular formula is C13H16FO. The lowest BCUT2D eigenvalue weighted by Crippen LogP contribution is -2.14. The number of rotatable bonds is 2. The van der Waals surface area contributed by atoms with E-state index in [1.165, 1.54) is 18.6 Å². The zero-order valence-corrected chi connectivity index (χ0v) is 9.22. The summed E-state index contributed by atoms with van der Waals surface area (Å²) in [6.07, 6.45) is 3.49. The average Bonchev–Trinajstić information content (AvgIpc) is 2.45. The van der Waals surface area contributed by atoms with E-state index in [1.807, 2.05) is 0 Å². The molecule has 1 nitrogen and oxygen atoms in total. The van der Waals surface area contributed by atoms with Crippen molar-refractivity contribution in [2.75, 3.05) is 0 Å². The molecule has 0 saturated heterocycles. The number of benzene rings is 1. The van der Waals surface area contributed by atoms with E-state index in [4.69, 9.17) is 4.74 Å². The highest BCUT2D eigenvalue weighted by atomic mass is 19.1. The highest BCUT2D eigenvalue weighted by molar-refractivity contribution is 5.21. The predicted octanol–water partition coefficient (Wildman–Crippen LogP) is 3.58. The number of hydrogen-bond acceptors (Lipinski definition) is 1. The molecule has 1 fully saturated rings. The topological polar surface area (TPSA) is 9.23 Å². The first-order valence-electron chi connectivity index (χ1n) is 5.39. The highest BCUT2D eigenvalue weighted by Gasteiger charge is 2.32. The maximum atomic E-state index is 12.9. The molecule has 1 aliphatic carbocycles. The molecule has 0 bridgehead atoms. The second-order valence-corrected chi connectivity index (χ2v) is 5.02. The van der Waals surface area contributed by atoms with Gasteiger partial charge in [-0.1, -0.05) is 13.8 Å². The van der Waals surface area contributed by atoms with Gasteiger partial charge in [0.15, 0.2) is 0 Å². The molecule has 2 heteroatoms. The van der Waals surface area contributed by atoms with Gasteiger partial charge < -0.3 is 4.74 Å². The molecule has 0 heterocycles. The van der Waals surface area contributed by atoms with Gasteiger partial charge in [0.25, 0.3) is 0 Å². The van der Waals surface area contributed by atoms with E-state index in [1.54, 1.807) is 6.07 Å². The molecule has 1 atom stereocenters. The molecule has 0 N–H and O–H groups in total. The Morgan fingerprint density at radius 1 is 1.53 bits per heavy atom. The molecule has 0 aromatic heterocycles. The molecule has 1 saturated carbocycles. The fraction of sp³-hybridized carbons (Fsp3) is 0.538. The third-order valence-corrected chi connectivity index (χ3v) is 2.95. The van der Waals surface area contributed by atoms with Crippen LogP contribution in [0, 0.1) is 17.3 Å². The average molecular weight is 207 g/mol. The fourth-order valence-corrected chi connectivity index (χ4v) is 2.14. The summed E-state index contributed by atoms with van der Waals surface area (Å²) in [4.78, 5) is 0. The number of halogens is 1.